The van der Waals surface area contributed by atoms with Gasteiger partial charge < -0.3 is 9.47 Å². The van der Waals surface area contributed by atoms with Gasteiger partial charge in [-0.2, -0.15) is 0 Å². The molecule has 3 saturated heterocycles. The van der Waals surface area contributed by atoms with Crippen molar-refractivity contribution in [1.29, 1.82) is 0 Å². The van der Waals surface area contributed by atoms with Gasteiger partial charge in [-0.25, -0.2) is 26.9 Å². The number of likely N-dealkylation sites (tertiary alicyclic amines) is 1. The van der Waals surface area contributed by atoms with Crippen molar-refractivity contribution < 1.29 is 22.0 Å². The number of rotatable bonds is 9. The molecule has 258 valence electrons. The fourth-order valence-electron chi connectivity index (χ4n) is 8.94. The Labute approximate surface area is 286 Å². The number of carbonyl (C=O) groups excluding carboxylic acids is 1. The van der Waals surface area contributed by atoms with Crippen LogP contribution in [0.1, 0.15) is 85.6 Å². The lowest BCUT2D eigenvalue weighted by Gasteiger charge is -2.45. The molecule has 1 N–H and O–H groups in total. The molecule has 0 radical (unpaired) electrons. The fourth-order valence-corrected chi connectivity index (χ4v) is 10.3. The lowest BCUT2D eigenvalue weighted by Crippen LogP contribution is -2.49. The van der Waals surface area contributed by atoms with E-state index in [1.54, 1.807) is 17.0 Å². The summed E-state index contributed by atoms with van der Waals surface area (Å²) < 4.78 is 59.9. The molecular formula is C38H43F2N5O3S. The molecular weight excluding hydrogens is 645 g/mol. The number of aromatic nitrogens is 2. The van der Waals surface area contributed by atoms with E-state index in [1.807, 2.05) is 12.1 Å². The van der Waals surface area contributed by atoms with Crippen LogP contribution in [-0.2, 0) is 15.4 Å². The van der Waals surface area contributed by atoms with Crippen molar-refractivity contribution in [3.8, 4) is 0 Å². The molecule has 4 aromatic rings. The van der Waals surface area contributed by atoms with Gasteiger partial charge in [-0.1, -0.05) is 24.3 Å². The number of sulfonamides is 1. The SMILES string of the molecule is Cc1nc2ccccc2n1C1C[C@H]2CC[C@@H](C1)N2CCC1(c2cccc(F)c2)CCN(C(=O)c2ccc(F)c(S(=O)(=O)NC3CC3)c2)CC1. The van der Waals surface area contributed by atoms with Crippen LogP contribution in [0.2, 0.25) is 0 Å². The number of hydrogen-bond acceptors (Lipinski definition) is 5. The molecule has 0 spiro atoms. The second-order valence-electron chi connectivity index (χ2n) is 14.6. The number of halogens is 2. The van der Waals surface area contributed by atoms with Crippen molar-refractivity contribution >= 4 is 27.0 Å². The van der Waals surface area contributed by atoms with Crippen LogP contribution in [0.5, 0.6) is 0 Å². The second-order valence-corrected chi connectivity index (χ2v) is 16.3. The maximum Gasteiger partial charge on any atom is 0.253 e. The van der Waals surface area contributed by atoms with E-state index in [0.29, 0.717) is 44.1 Å². The van der Waals surface area contributed by atoms with E-state index in [1.165, 1.54) is 30.5 Å². The zero-order valence-corrected chi connectivity index (χ0v) is 28.6. The molecule has 2 bridgehead atoms. The van der Waals surface area contributed by atoms with Crippen LogP contribution in [-0.4, -0.2) is 71.4 Å². The summed E-state index contributed by atoms with van der Waals surface area (Å²) in [5.41, 5.74) is 3.06. The highest BCUT2D eigenvalue weighted by Gasteiger charge is 2.44. The topological polar surface area (TPSA) is 87.5 Å². The fraction of sp³-hybridized carbons (Fsp3) is 0.474. The number of hydrogen-bond donors (Lipinski definition) is 1. The minimum atomic E-state index is -4.06. The largest absolute Gasteiger partial charge is 0.339 e. The Bertz CT molecular complexity index is 1990. The minimum absolute atomic E-state index is 0.149. The Balaban J connectivity index is 0.980. The molecule has 8 nitrogen and oxygen atoms in total. The van der Waals surface area contributed by atoms with Crippen LogP contribution in [0.15, 0.2) is 71.6 Å². The molecule has 3 aromatic carbocycles. The van der Waals surface area contributed by atoms with E-state index in [0.717, 1.165) is 67.7 Å². The number of imidazole rings is 1. The van der Waals surface area contributed by atoms with Crippen LogP contribution in [0.4, 0.5) is 8.78 Å². The van der Waals surface area contributed by atoms with E-state index in [2.05, 4.69) is 39.3 Å². The number of amides is 1. The number of nitrogens with zero attached hydrogens (tertiary/aromatic N) is 4. The molecule has 3 atom stereocenters. The first kappa shape index (κ1) is 32.5. The highest BCUT2D eigenvalue weighted by molar-refractivity contribution is 7.89. The molecule has 49 heavy (non-hydrogen) atoms. The molecule has 8 rings (SSSR count). The van der Waals surface area contributed by atoms with Gasteiger partial charge in [0.25, 0.3) is 5.91 Å². The summed E-state index contributed by atoms with van der Waals surface area (Å²) in [6, 6.07) is 20.1. The number of nitrogens with one attached hydrogen (secondary N) is 1. The lowest BCUT2D eigenvalue weighted by molar-refractivity contribution is 0.0606. The van der Waals surface area contributed by atoms with Crippen molar-refractivity contribution in [3.05, 3.63) is 95.3 Å². The average molecular weight is 688 g/mol. The van der Waals surface area contributed by atoms with Crippen LogP contribution in [0, 0.1) is 18.6 Å². The summed E-state index contributed by atoms with van der Waals surface area (Å²) in [5.74, 6) is -0.393. The Morgan fingerprint density at radius 1 is 0.918 bits per heavy atom. The van der Waals surface area contributed by atoms with E-state index >= 15 is 0 Å². The molecule has 1 aromatic heterocycles. The van der Waals surface area contributed by atoms with E-state index in [4.69, 9.17) is 4.98 Å². The first-order chi connectivity index (χ1) is 23.6. The van der Waals surface area contributed by atoms with Crippen molar-refractivity contribution in [2.45, 2.75) is 99.2 Å². The van der Waals surface area contributed by atoms with Crippen LogP contribution >= 0.6 is 0 Å². The van der Waals surface area contributed by atoms with E-state index in [-0.39, 0.29) is 28.7 Å². The minimum Gasteiger partial charge on any atom is -0.339 e. The Hall–Kier alpha value is -3.67. The van der Waals surface area contributed by atoms with Crippen LogP contribution in [0.25, 0.3) is 11.0 Å². The molecule has 4 heterocycles. The zero-order chi connectivity index (χ0) is 33.9. The molecule has 1 amide bonds. The quantitative estimate of drug-likeness (QED) is 0.217. The number of fused-ring (bicyclic) bond motifs is 3. The number of aryl methyl sites for hydroxylation is 1. The molecule has 4 aliphatic rings. The summed E-state index contributed by atoms with van der Waals surface area (Å²) in [6.45, 7) is 3.90. The van der Waals surface area contributed by atoms with Gasteiger partial charge in [-0.15, -0.1) is 0 Å². The van der Waals surface area contributed by atoms with E-state index in [9.17, 15) is 22.0 Å². The lowest BCUT2D eigenvalue weighted by atomic mass is 9.70. The van der Waals surface area contributed by atoms with Crippen molar-refractivity contribution in [2.24, 2.45) is 0 Å². The van der Waals surface area contributed by atoms with Crippen molar-refractivity contribution in [3.63, 3.8) is 0 Å². The molecule has 4 fully saturated rings. The third kappa shape index (κ3) is 6.18. The Kier molecular flexibility index (Phi) is 8.35. The van der Waals surface area contributed by atoms with Gasteiger partial charge in [-0.05, 0) is 125 Å². The highest BCUT2D eigenvalue weighted by atomic mass is 32.2. The number of para-hydroxylation sites is 2. The summed E-state index contributed by atoms with van der Waals surface area (Å²) in [5, 5.41) is 0. The van der Waals surface area contributed by atoms with Crippen molar-refractivity contribution in [1.82, 2.24) is 24.1 Å². The van der Waals surface area contributed by atoms with Gasteiger partial charge in [0.15, 0.2) is 0 Å². The Morgan fingerprint density at radius 3 is 2.37 bits per heavy atom. The van der Waals surface area contributed by atoms with Gasteiger partial charge in [0.1, 0.15) is 22.4 Å². The van der Waals surface area contributed by atoms with Crippen LogP contribution < -0.4 is 4.72 Å². The van der Waals surface area contributed by atoms with Gasteiger partial charge in [0.2, 0.25) is 10.0 Å². The van der Waals surface area contributed by atoms with Gasteiger partial charge in [0.05, 0.1) is 11.0 Å². The molecule has 1 saturated carbocycles. The zero-order valence-electron chi connectivity index (χ0n) is 27.8. The first-order valence-electron chi connectivity index (χ1n) is 17.7. The molecule has 3 aliphatic heterocycles. The first-order valence-corrected chi connectivity index (χ1v) is 19.2. The standard InChI is InChI=1S/C38H43F2N5O3S/c1-25-41-34-7-2-3-8-35(34)45(25)32-23-30-12-13-31(24-32)44(30)20-17-38(27-5-4-6-28(39)22-27)15-18-43(19-16-38)37(46)26-9-14-33(40)36(21-26)49(47,48)42-29-10-11-29/h2-9,14,21-22,29-32,42H,10-13,15-20,23-24H2,1H3/t30-,31+,32?. The van der Waals surface area contributed by atoms with Gasteiger partial charge >= 0.3 is 0 Å². The number of piperidine rings is 2. The van der Waals surface area contributed by atoms with Crippen LogP contribution in [0.3, 0.4) is 0 Å². The maximum absolute atomic E-state index is 14.7. The van der Waals surface area contributed by atoms with Crippen molar-refractivity contribution in [2.75, 3.05) is 19.6 Å². The monoisotopic (exact) mass is 687 g/mol. The van der Waals surface area contributed by atoms with Gasteiger partial charge in [-0.3, -0.25) is 9.69 Å². The molecule has 11 heteroatoms. The molecule has 1 aliphatic carbocycles. The smallest absolute Gasteiger partial charge is 0.253 e. The average Bonchev–Trinajstić information content (AvgIpc) is 3.78. The van der Waals surface area contributed by atoms with E-state index < -0.39 is 20.7 Å². The number of benzene rings is 3. The highest BCUT2D eigenvalue weighted by Crippen LogP contribution is 2.45. The number of carbonyl (C=O) groups is 1. The predicted molar refractivity (Wildman–Crippen MR) is 184 cm³/mol. The normalized spacial score (nSPS) is 24.1. The maximum atomic E-state index is 14.7. The third-order valence-corrected chi connectivity index (χ3v) is 13.2. The summed E-state index contributed by atoms with van der Waals surface area (Å²) in [4.78, 5) is 22.4. The summed E-state index contributed by atoms with van der Waals surface area (Å²) >= 11 is 0. The molecule has 1 unspecified atom stereocenters. The predicted octanol–water partition coefficient (Wildman–Crippen LogP) is 6.50. The second kappa shape index (κ2) is 12.6. The Morgan fingerprint density at radius 2 is 1.65 bits per heavy atom. The summed E-state index contributed by atoms with van der Waals surface area (Å²) in [7, 11) is -4.06. The third-order valence-electron chi connectivity index (χ3n) is 11.7. The van der Waals surface area contributed by atoms with Gasteiger partial charge in [0, 0.05) is 42.8 Å². The summed E-state index contributed by atoms with van der Waals surface area (Å²) in [6.07, 6.45) is 8.13.